The monoisotopic (exact) mass is 382 g/mol. The molecule has 0 bridgehead atoms. The maximum atomic E-state index is 11.7. The molecular formula is C18H17BN3O6. The van der Waals surface area contributed by atoms with E-state index in [4.69, 9.17) is 14.5 Å². The molecule has 2 aliphatic heterocycles. The summed E-state index contributed by atoms with van der Waals surface area (Å²) < 4.78 is 11.4. The zero-order valence-electron chi connectivity index (χ0n) is 14.9. The lowest BCUT2D eigenvalue weighted by Gasteiger charge is -2.39. The Labute approximate surface area is 161 Å². The fraction of sp³-hybridized carbons (Fsp3) is 0.333. The minimum absolute atomic E-state index is 0.0574. The summed E-state index contributed by atoms with van der Waals surface area (Å²) in [7, 11) is 1.61. The van der Waals surface area contributed by atoms with Gasteiger partial charge < -0.3 is 19.6 Å². The molecule has 0 unspecified atom stereocenters. The van der Waals surface area contributed by atoms with E-state index in [9.17, 15) is 14.7 Å². The third kappa shape index (κ3) is 3.63. The largest absolute Gasteiger partial charge is 0.562 e. The number of rotatable bonds is 6. The van der Waals surface area contributed by atoms with Crippen LogP contribution in [0.5, 0.6) is 11.5 Å². The van der Waals surface area contributed by atoms with Crippen LogP contribution in [0.25, 0.3) is 0 Å². The molecule has 1 aromatic heterocycles. The molecule has 1 aromatic carbocycles. The molecule has 9 nitrogen and oxygen atoms in total. The molecule has 10 heteroatoms. The zero-order chi connectivity index (χ0) is 19.7. The van der Waals surface area contributed by atoms with Crippen LogP contribution in [0.2, 0.25) is 6.32 Å². The highest BCUT2D eigenvalue weighted by Crippen LogP contribution is 2.36. The normalized spacial score (nSPS) is 16.3. The summed E-state index contributed by atoms with van der Waals surface area (Å²) in [5.74, 6) is -1.53. The van der Waals surface area contributed by atoms with Gasteiger partial charge in [0.1, 0.15) is 23.2 Å². The van der Waals surface area contributed by atoms with E-state index < -0.39 is 11.9 Å². The molecule has 0 aliphatic carbocycles. The van der Waals surface area contributed by atoms with Crippen molar-refractivity contribution in [1.29, 1.82) is 0 Å². The highest BCUT2D eigenvalue weighted by molar-refractivity contribution is 6.29. The fourth-order valence-electron chi connectivity index (χ4n) is 3.28. The minimum atomic E-state index is -1.11. The smallest absolute Gasteiger partial charge is 0.370 e. The average Bonchev–Trinajstić information content (AvgIpc) is 2.66. The molecule has 3 heterocycles. The summed E-state index contributed by atoms with van der Waals surface area (Å²) in [6.45, 7) is 1.72. The summed E-state index contributed by atoms with van der Waals surface area (Å²) in [5, 5.41) is 18.4. The highest BCUT2D eigenvalue weighted by atomic mass is 16.5. The fourth-order valence-corrected chi connectivity index (χ4v) is 3.28. The second-order valence-corrected chi connectivity index (χ2v) is 6.69. The SMILES string of the molecule is O=C(O)c1cnc(CN2CC(Oc3ccc4c(c3C(=O)O)O[B]CC4)C2)cn1. The molecule has 143 valence electrons. The molecule has 1 radical (unpaired) electrons. The predicted octanol–water partition coefficient (Wildman–Crippen LogP) is 1.11. The van der Waals surface area contributed by atoms with Gasteiger partial charge in [0.15, 0.2) is 5.69 Å². The predicted molar refractivity (Wildman–Crippen MR) is 97.0 cm³/mol. The van der Waals surface area contributed by atoms with Crippen molar-refractivity contribution >= 4 is 19.4 Å². The zero-order valence-corrected chi connectivity index (χ0v) is 14.9. The number of ether oxygens (including phenoxy) is 1. The van der Waals surface area contributed by atoms with E-state index in [0.717, 1.165) is 18.3 Å². The van der Waals surface area contributed by atoms with Crippen LogP contribution < -0.4 is 9.39 Å². The molecule has 0 atom stereocenters. The number of hydrogen-bond donors (Lipinski definition) is 2. The van der Waals surface area contributed by atoms with Crippen molar-refractivity contribution in [3.8, 4) is 11.5 Å². The van der Waals surface area contributed by atoms with Gasteiger partial charge in [0.05, 0.1) is 18.1 Å². The van der Waals surface area contributed by atoms with Crippen LogP contribution in [0.4, 0.5) is 0 Å². The second-order valence-electron chi connectivity index (χ2n) is 6.69. The first-order valence-electron chi connectivity index (χ1n) is 8.82. The maximum Gasteiger partial charge on any atom is 0.370 e. The van der Waals surface area contributed by atoms with Gasteiger partial charge >= 0.3 is 19.4 Å². The molecule has 0 spiro atoms. The Kier molecular flexibility index (Phi) is 4.87. The Morgan fingerprint density at radius 2 is 2.04 bits per heavy atom. The summed E-state index contributed by atoms with van der Waals surface area (Å²) in [4.78, 5) is 32.5. The molecular weight excluding hydrogens is 365 g/mol. The van der Waals surface area contributed by atoms with E-state index in [1.54, 1.807) is 13.5 Å². The number of carboxylic acids is 2. The first-order valence-corrected chi connectivity index (χ1v) is 8.82. The number of aromatic carboxylic acids is 2. The van der Waals surface area contributed by atoms with Gasteiger partial charge in [-0.2, -0.15) is 0 Å². The van der Waals surface area contributed by atoms with Crippen molar-refractivity contribution in [3.05, 3.63) is 47.0 Å². The van der Waals surface area contributed by atoms with Gasteiger partial charge in [0.25, 0.3) is 0 Å². The van der Waals surface area contributed by atoms with Gasteiger partial charge in [0, 0.05) is 19.6 Å². The molecule has 0 saturated carbocycles. The van der Waals surface area contributed by atoms with E-state index in [1.165, 1.54) is 12.4 Å². The lowest BCUT2D eigenvalue weighted by Crippen LogP contribution is -2.53. The van der Waals surface area contributed by atoms with Crippen molar-refractivity contribution in [2.24, 2.45) is 0 Å². The number of carbonyl (C=O) groups is 2. The van der Waals surface area contributed by atoms with Gasteiger partial charge in [-0.3, -0.25) is 9.88 Å². The first kappa shape index (κ1) is 18.2. The molecule has 0 amide bonds. The van der Waals surface area contributed by atoms with Gasteiger partial charge in [-0.1, -0.05) is 6.07 Å². The Morgan fingerprint density at radius 1 is 1.21 bits per heavy atom. The number of fused-ring (bicyclic) bond motifs is 1. The van der Waals surface area contributed by atoms with Crippen molar-refractivity contribution in [2.75, 3.05) is 13.1 Å². The number of likely N-dealkylation sites (tertiary alicyclic amines) is 1. The van der Waals surface area contributed by atoms with Crippen LogP contribution in [0.3, 0.4) is 0 Å². The first-order chi connectivity index (χ1) is 13.5. The second kappa shape index (κ2) is 7.47. The molecule has 1 fully saturated rings. The van der Waals surface area contributed by atoms with Crippen molar-refractivity contribution < 1.29 is 29.2 Å². The Bertz CT molecular complexity index is 914. The van der Waals surface area contributed by atoms with Crippen LogP contribution in [0.1, 0.15) is 32.1 Å². The average molecular weight is 382 g/mol. The third-order valence-corrected chi connectivity index (χ3v) is 4.67. The van der Waals surface area contributed by atoms with E-state index in [0.29, 0.717) is 36.8 Å². The molecule has 28 heavy (non-hydrogen) atoms. The number of hydrogen-bond acceptors (Lipinski definition) is 7. The molecule has 2 aromatic rings. The highest BCUT2D eigenvalue weighted by Gasteiger charge is 2.32. The van der Waals surface area contributed by atoms with Crippen LogP contribution in [-0.2, 0) is 13.0 Å². The summed E-state index contributed by atoms with van der Waals surface area (Å²) in [6.07, 6.45) is 4.02. The minimum Gasteiger partial charge on any atom is -0.562 e. The Hall–Kier alpha value is -3.14. The molecule has 2 aliphatic rings. The van der Waals surface area contributed by atoms with Crippen molar-refractivity contribution in [1.82, 2.24) is 14.9 Å². The van der Waals surface area contributed by atoms with Crippen molar-refractivity contribution in [2.45, 2.75) is 25.4 Å². The van der Waals surface area contributed by atoms with E-state index in [1.807, 2.05) is 6.07 Å². The lowest BCUT2D eigenvalue weighted by atomic mass is 9.85. The summed E-state index contributed by atoms with van der Waals surface area (Å²) in [5.41, 5.74) is 1.49. The third-order valence-electron chi connectivity index (χ3n) is 4.67. The Morgan fingerprint density at radius 3 is 2.71 bits per heavy atom. The van der Waals surface area contributed by atoms with E-state index in [-0.39, 0.29) is 17.4 Å². The number of nitrogens with zero attached hydrogens (tertiary/aromatic N) is 3. The van der Waals surface area contributed by atoms with Crippen LogP contribution in [0, 0.1) is 0 Å². The molecule has 4 rings (SSSR count). The Balaban J connectivity index is 1.38. The van der Waals surface area contributed by atoms with Crippen LogP contribution in [0.15, 0.2) is 24.5 Å². The van der Waals surface area contributed by atoms with Crippen molar-refractivity contribution in [3.63, 3.8) is 0 Å². The van der Waals surface area contributed by atoms with E-state index >= 15 is 0 Å². The number of aryl methyl sites for hydroxylation is 1. The van der Waals surface area contributed by atoms with Gasteiger partial charge in [-0.15, -0.1) is 0 Å². The standard InChI is InChI=1S/C18H17BN3O6/c23-17(24)13-6-20-11(5-21-13)7-22-8-12(9-22)27-14-2-1-10-3-4-19-28-16(10)15(14)18(25)26/h1-2,5-6,12H,3-4,7-9H2,(H,23,24)(H,25,26). The summed E-state index contributed by atoms with van der Waals surface area (Å²) in [6, 6.07) is 3.54. The van der Waals surface area contributed by atoms with Gasteiger partial charge in [0.2, 0.25) is 0 Å². The van der Waals surface area contributed by atoms with Gasteiger partial charge in [-0.05, 0) is 24.4 Å². The number of carboxylic acid groups (broad SMARTS) is 2. The number of benzene rings is 1. The quantitative estimate of drug-likeness (QED) is 0.708. The topological polar surface area (TPSA) is 122 Å². The molecule has 1 saturated heterocycles. The van der Waals surface area contributed by atoms with E-state index in [2.05, 4.69) is 14.9 Å². The van der Waals surface area contributed by atoms with Gasteiger partial charge in [-0.25, -0.2) is 14.6 Å². The number of aromatic nitrogens is 2. The lowest BCUT2D eigenvalue weighted by molar-refractivity contribution is 0.0127. The van der Waals surface area contributed by atoms with Crippen LogP contribution in [-0.4, -0.2) is 63.7 Å². The molecule has 2 N–H and O–H groups in total. The van der Waals surface area contributed by atoms with Crippen LogP contribution >= 0.6 is 0 Å². The summed E-state index contributed by atoms with van der Waals surface area (Å²) >= 11 is 0. The maximum absolute atomic E-state index is 11.7.